The van der Waals surface area contributed by atoms with Crippen LogP contribution in [0.15, 0.2) is 53.3 Å². The molecule has 0 bridgehead atoms. The number of pyridine rings is 1. The lowest BCUT2D eigenvalue weighted by atomic mass is 9.94. The van der Waals surface area contributed by atoms with E-state index in [4.69, 9.17) is 0 Å². The minimum atomic E-state index is -0.351. The van der Waals surface area contributed by atoms with Crippen molar-refractivity contribution in [2.75, 3.05) is 0 Å². The van der Waals surface area contributed by atoms with Crippen molar-refractivity contribution < 1.29 is 4.79 Å². The van der Waals surface area contributed by atoms with Crippen LogP contribution < -0.4 is 5.32 Å². The predicted molar refractivity (Wildman–Crippen MR) is 100 cm³/mol. The molecule has 0 aliphatic heterocycles. The number of aromatic nitrogens is 2. The van der Waals surface area contributed by atoms with Gasteiger partial charge in [-0.1, -0.05) is 28.1 Å². The molecular formula is C19H20BrN3O. The number of fused-ring (bicyclic) bond motifs is 1. The van der Waals surface area contributed by atoms with Crippen molar-refractivity contribution in [1.29, 1.82) is 0 Å². The first-order valence-electron chi connectivity index (χ1n) is 7.82. The number of rotatable bonds is 4. The molecule has 2 heterocycles. The van der Waals surface area contributed by atoms with E-state index in [0.29, 0.717) is 5.56 Å². The highest BCUT2D eigenvalue weighted by atomic mass is 79.9. The molecule has 0 spiro atoms. The average Bonchev–Trinajstić information content (AvgIpc) is 2.90. The Morgan fingerprint density at radius 2 is 1.96 bits per heavy atom. The second kappa shape index (κ2) is 6.40. The van der Waals surface area contributed by atoms with Gasteiger partial charge in [0.2, 0.25) is 0 Å². The van der Waals surface area contributed by atoms with Crippen LogP contribution in [0.25, 0.3) is 11.0 Å². The normalized spacial score (nSPS) is 11.7. The molecule has 5 heteroatoms. The van der Waals surface area contributed by atoms with Crippen LogP contribution in [-0.4, -0.2) is 21.0 Å². The van der Waals surface area contributed by atoms with Crippen LogP contribution in [0.5, 0.6) is 0 Å². The fraction of sp³-hybridized carbons (Fsp3) is 0.263. The van der Waals surface area contributed by atoms with Crippen LogP contribution in [0, 0.1) is 0 Å². The molecular weight excluding hydrogens is 366 g/mol. The third kappa shape index (κ3) is 3.67. The molecule has 0 saturated carbocycles. The van der Waals surface area contributed by atoms with Crippen LogP contribution >= 0.6 is 15.9 Å². The Kier molecular flexibility index (Phi) is 4.45. The van der Waals surface area contributed by atoms with Crippen LogP contribution in [0.3, 0.4) is 0 Å². The highest BCUT2D eigenvalue weighted by Gasteiger charge is 2.22. The van der Waals surface area contributed by atoms with Gasteiger partial charge in [0, 0.05) is 34.8 Å². The SMILES string of the molecule is Cn1ccc2cc(C(=O)NC(C)(C)Cc3ccc(Br)cc3)cnc21. The summed E-state index contributed by atoms with van der Waals surface area (Å²) in [6.45, 7) is 4.06. The average molecular weight is 386 g/mol. The van der Waals surface area contributed by atoms with Gasteiger partial charge in [0.1, 0.15) is 5.65 Å². The van der Waals surface area contributed by atoms with Crippen molar-refractivity contribution in [3.05, 3.63) is 64.4 Å². The second-order valence-corrected chi connectivity index (χ2v) is 7.62. The van der Waals surface area contributed by atoms with E-state index in [0.717, 1.165) is 21.9 Å². The summed E-state index contributed by atoms with van der Waals surface area (Å²) in [4.78, 5) is 17.0. The second-order valence-electron chi connectivity index (χ2n) is 6.70. The highest BCUT2D eigenvalue weighted by molar-refractivity contribution is 9.10. The maximum absolute atomic E-state index is 12.6. The summed E-state index contributed by atoms with van der Waals surface area (Å²) in [5, 5.41) is 4.08. The standard InChI is InChI=1S/C19H20BrN3O/c1-19(2,11-13-4-6-16(20)7-5-13)22-18(24)15-10-14-8-9-23(3)17(14)21-12-15/h4-10,12H,11H2,1-3H3,(H,22,24). The summed E-state index contributed by atoms with van der Waals surface area (Å²) >= 11 is 3.44. The van der Waals surface area contributed by atoms with Crippen molar-refractivity contribution in [2.45, 2.75) is 25.8 Å². The minimum Gasteiger partial charge on any atom is -0.347 e. The Morgan fingerprint density at radius 3 is 2.67 bits per heavy atom. The van der Waals surface area contributed by atoms with E-state index in [2.05, 4.69) is 38.4 Å². The van der Waals surface area contributed by atoms with Crippen LogP contribution in [-0.2, 0) is 13.5 Å². The Balaban J connectivity index is 1.74. The molecule has 3 aromatic rings. The molecule has 1 N–H and O–H groups in total. The zero-order valence-corrected chi connectivity index (χ0v) is 15.6. The monoisotopic (exact) mass is 385 g/mol. The van der Waals surface area contributed by atoms with Gasteiger partial charge < -0.3 is 9.88 Å². The number of benzene rings is 1. The van der Waals surface area contributed by atoms with E-state index in [1.165, 1.54) is 5.56 Å². The number of carbonyl (C=O) groups is 1. The number of halogens is 1. The number of hydrogen-bond donors (Lipinski definition) is 1. The third-order valence-electron chi connectivity index (χ3n) is 3.98. The van der Waals surface area contributed by atoms with Gasteiger partial charge in [0.15, 0.2) is 0 Å². The molecule has 0 fully saturated rings. The van der Waals surface area contributed by atoms with Crippen molar-refractivity contribution in [2.24, 2.45) is 7.05 Å². The first kappa shape index (κ1) is 16.7. The van der Waals surface area contributed by atoms with Gasteiger partial charge in [-0.25, -0.2) is 4.98 Å². The molecule has 124 valence electrons. The molecule has 0 atom stereocenters. The van der Waals surface area contributed by atoms with E-state index in [1.54, 1.807) is 6.20 Å². The van der Waals surface area contributed by atoms with E-state index >= 15 is 0 Å². The van der Waals surface area contributed by atoms with Gasteiger partial charge in [-0.3, -0.25) is 4.79 Å². The van der Waals surface area contributed by atoms with Crippen LogP contribution in [0.4, 0.5) is 0 Å². The van der Waals surface area contributed by atoms with Crippen molar-refractivity contribution >= 4 is 32.9 Å². The summed E-state index contributed by atoms with van der Waals surface area (Å²) in [6, 6.07) is 12.0. The molecule has 3 rings (SSSR count). The van der Waals surface area contributed by atoms with Crippen LogP contribution in [0.2, 0.25) is 0 Å². The summed E-state index contributed by atoms with van der Waals surface area (Å²) < 4.78 is 2.99. The molecule has 0 aliphatic rings. The lowest BCUT2D eigenvalue weighted by Gasteiger charge is -2.26. The quantitative estimate of drug-likeness (QED) is 0.734. The molecule has 24 heavy (non-hydrogen) atoms. The van der Waals surface area contributed by atoms with Gasteiger partial charge in [0.25, 0.3) is 5.91 Å². The Labute approximate surface area is 150 Å². The van der Waals surface area contributed by atoms with Crippen molar-refractivity contribution in [3.8, 4) is 0 Å². The van der Waals surface area contributed by atoms with E-state index in [1.807, 2.05) is 55.9 Å². The Hall–Kier alpha value is -2.14. The lowest BCUT2D eigenvalue weighted by molar-refractivity contribution is 0.0913. The minimum absolute atomic E-state index is 0.102. The first-order valence-corrected chi connectivity index (χ1v) is 8.61. The molecule has 4 nitrogen and oxygen atoms in total. The molecule has 0 saturated heterocycles. The summed E-state index contributed by atoms with van der Waals surface area (Å²) in [6.07, 6.45) is 4.33. The number of hydrogen-bond acceptors (Lipinski definition) is 2. The van der Waals surface area contributed by atoms with Gasteiger partial charge in [-0.2, -0.15) is 0 Å². The number of nitrogens with one attached hydrogen (secondary N) is 1. The predicted octanol–water partition coefficient (Wildman–Crippen LogP) is 4.09. The number of amides is 1. The van der Waals surface area contributed by atoms with Gasteiger partial charge >= 0.3 is 0 Å². The molecule has 1 amide bonds. The lowest BCUT2D eigenvalue weighted by Crippen LogP contribution is -2.45. The number of aryl methyl sites for hydroxylation is 1. The fourth-order valence-electron chi connectivity index (χ4n) is 2.82. The largest absolute Gasteiger partial charge is 0.347 e. The smallest absolute Gasteiger partial charge is 0.253 e. The Bertz CT molecular complexity index is 881. The molecule has 1 aromatic carbocycles. The van der Waals surface area contributed by atoms with Gasteiger partial charge in [0.05, 0.1) is 5.56 Å². The fourth-order valence-corrected chi connectivity index (χ4v) is 3.08. The Morgan fingerprint density at radius 1 is 1.25 bits per heavy atom. The van der Waals surface area contributed by atoms with E-state index in [-0.39, 0.29) is 11.4 Å². The molecule has 0 radical (unpaired) electrons. The zero-order chi connectivity index (χ0) is 17.3. The first-order chi connectivity index (χ1) is 11.3. The number of nitrogens with zero attached hydrogens (tertiary/aromatic N) is 2. The summed E-state index contributed by atoms with van der Waals surface area (Å²) in [5.41, 5.74) is 2.29. The van der Waals surface area contributed by atoms with Crippen LogP contribution in [0.1, 0.15) is 29.8 Å². The van der Waals surface area contributed by atoms with E-state index < -0.39 is 0 Å². The topological polar surface area (TPSA) is 46.9 Å². The van der Waals surface area contributed by atoms with E-state index in [9.17, 15) is 4.79 Å². The zero-order valence-electron chi connectivity index (χ0n) is 14.0. The molecule has 0 unspecified atom stereocenters. The van der Waals surface area contributed by atoms with Crippen molar-refractivity contribution in [3.63, 3.8) is 0 Å². The van der Waals surface area contributed by atoms with Crippen molar-refractivity contribution in [1.82, 2.24) is 14.9 Å². The summed E-state index contributed by atoms with van der Waals surface area (Å²) in [5.74, 6) is -0.102. The summed E-state index contributed by atoms with van der Waals surface area (Å²) in [7, 11) is 1.94. The van der Waals surface area contributed by atoms with Gasteiger partial charge in [-0.15, -0.1) is 0 Å². The third-order valence-corrected chi connectivity index (χ3v) is 4.51. The highest BCUT2D eigenvalue weighted by Crippen LogP contribution is 2.18. The molecule has 0 aliphatic carbocycles. The number of carbonyl (C=O) groups excluding carboxylic acids is 1. The molecule has 2 aromatic heterocycles. The maximum Gasteiger partial charge on any atom is 0.253 e. The maximum atomic E-state index is 12.6. The van der Waals surface area contributed by atoms with Gasteiger partial charge in [-0.05, 0) is 50.1 Å².